The van der Waals surface area contributed by atoms with Crippen LogP contribution in [-0.4, -0.2) is 27.1 Å². The first-order chi connectivity index (χ1) is 5.33. The number of aromatic nitrogens is 2. The average Bonchev–Trinajstić information content (AvgIpc) is 2.52. The molecule has 0 unspecified atom stereocenters. The summed E-state index contributed by atoms with van der Waals surface area (Å²) in [4.78, 5) is 6.96. The molecule has 0 saturated carbocycles. The zero-order valence-electron chi connectivity index (χ0n) is 6.13. The maximum absolute atomic E-state index is 9.08. The monoisotopic (exact) mass is 174 g/mol. The molecule has 0 saturated heterocycles. The molecule has 0 amide bonds. The molecule has 3 nitrogen and oxygen atoms in total. The van der Waals surface area contributed by atoms with Crippen LogP contribution in [-0.2, 0) is 6.42 Å². The van der Waals surface area contributed by atoms with Crippen molar-refractivity contribution in [2.75, 3.05) is 5.88 Å². The van der Waals surface area contributed by atoms with Gasteiger partial charge in [-0.2, -0.15) is 0 Å². The highest BCUT2D eigenvalue weighted by Gasteiger charge is 2.02. The molecule has 1 aromatic heterocycles. The van der Waals surface area contributed by atoms with Crippen molar-refractivity contribution in [2.45, 2.75) is 18.9 Å². The van der Waals surface area contributed by atoms with E-state index in [2.05, 4.69) is 9.97 Å². The molecule has 1 atom stereocenters. The van der Waals surface area contributed by atoms with Gasteiger partial charge in [-0.05, 0) is 6.42 Å². The first-order valence-electron chi connectivity index (χ1n) is 3.55. The van der Waals surface area contributed by atoms with Crippen LogP contribution in [0, 0.1) is 0 Å². The number of aliphatic hydroxyl groups excluding tert-OH is 1. The van der Waals surface area contributed by atoms with Crippen LogP contribution in [0.4, 0.5) is 0 Å². The lowest BCUT2D eigenvalue weighted by atomic mass is 10.2. The van der Waals surface area contributed by atoms with Crippen molar-refractivity contribution in [1.29, 1.82) is 0 Å². The number of rotatable bonds is 4. The summed E-state index contributed by atoms with van der Waals surface area (Å²) in [5.74, 6) is 1.19. The molecule has 0 aromatic carbocycles. The van der Waals surface area contributed by atoms with Crippen molar-refractivity contribution < 1.29 is 5.11 Å². The summed E-state index contributed by atoms with van der Waals surface area (Å²) in [5.41, 5.74) is 0. The fourth-order valence-electron chi connectivity index (χ4n) is 0.815. The van der Waals surface area contributed by atoms with Gasteiger partial charge in [0.25, 0.3) is 0 Å². The minimum Gasteiger partial charge on any atom is -0.392 e. The third-order valence-electron chi connectivity index (χ3n) is 1.45. The van der Waals surface area contributed by atoms with E-state index in [4.69, 9.17) is 16.7 Å². The van der Waals surface area contributed by atoms with E-state index in [0.717, 1.165) is 12.2 Å². The van der Waals surface area contributed by atoms with Gasteiger partial charge in [0.2, 0.25) is 0 Å². The standard InChI is InChI=1S/C7H11ClN2O/c8-5-6(11)1-2-7-9-3-4-10-7/h3-4,6,11H,1-2,5H2,(H,9,10)/t6-/m1/s1. The third kappa shape index (κ3) is 2.91. The summed E-state index contributed by atoms with van der Waals surface area (Å²) in [6.07, 6.45) is 4.46. The molecule has 4 heteroatoms. The quantitative estimate of drug-likeness (QED) is 0.668. The predicted octanol–water partition coefficient (Wildman–Crippen LogP) is 0.942. The normalized spacial score (nSPS) is 13.3. The lowest BCUT2D eigenvalue weighted by Crippen LogP contribution is -2.09. The SMILES string of the molecule is O[C@@H](CCl)CCc1ncc[nH]1. The van der Waals surface area contributed by atoms with Gasteiger partial charge in [-0.15, -0.1) is 11.6 Å². The molecule has 0 aliphatic rings. The summed E-state index contributed by atoms with van der Waals surface area (Å²) < 4.78 is 0. The molecule has 2 N–H and O–H groups in total. The largest absolute Gasteiger partial charge is 0.392 e. The lowest BCUT2D eigenvalue weighted by molar-refractivity contribution is 0.187. The van der Waals surface area contributed by atoms with E-state index < -0.39 is 6.10 Å². The van der Waals surface area contributed by atoms with E-state index in [1.54, 1.807) is 12.4 Å². The van der Waals surface area contributed by atoms with Crippen LogP contribution in [0.1, 0.15) is 12.2 Å². The van der Waals surface area contributed by atoms with E-state index in [-0.39, 0.29) is 0 Å². The van der Waals surface area contributed by atoms with Gasteiger partial charge in [0.15, 0.2) is 0 Å². The van der Waals surface area contributed by atoms with Crippen LogP contribution in [0.3, 0.4) is 0 Å². The van der Waals surface area contributed by atoms with Crippen molar-refractivity contribution >= 4 is 11.6 Å². The fourth-order valence-corrected chi connectivity index (χ4v) is 0.969. The second kappa shape index (κ2) is 4.36. The summed E-state index contributed by atoms with van der Waals surface area (Å²) >= 11 is 5.41. The van der Waals surface area contributed by atoms with Gasteiger partial charge in [0, 0.05) is 24.7 Å². The number of H-pyrrole nitrogens is 1. The molecule has 0 radical (unpaired) electrons. The average molecular weight is 175 g/mol. The van der Waals surface area contributed by atoms with E-state index in [0.29, 0.717) is 12.3 Å². The van der Waals surface area contributed by atoms with E-state index in [1.807, 2.05) is 0 Å². The number of nitrogens with zero attached hydrogens (tertiary/aromatic N) is 1. The Balaban J connectivity index is 2.23. The number of nitrogens with one attached hydrogen (secondary N) is 1. The van der Waals surface area contributed by atoms with Crippen LogP contribution in [0.15, 0.2) is 12.4 Å². The molecule has 0 bridgehead atoms. The third-order valence-corrected chi connectivity index (χ3v) is 1.80. The molecular weight excluding hydrogens is 164 g/mol. The van der Waals surface area contributed by atoms with Crippen LogP contribution in [0.25, 0.3) is 0 Å². The smallest absolute Gasteiger partial charge is 0.106 e. The first-order valence-corrected chi connectivity index (χ1v) is 4.08. The van der Waals surface area contributed by atoms with Gasteiger partial charge < -0.3 is 10.1 Å². The molecule has 11 heavy (non-hydrogen) atoms. The van der Waals surface area contributed by atoms with Crippen LogP contribution < -0.4 is 0 Å². The number of imidazole rings is 1. The first kappa shape index (κ1) is 8.56. The number of aliphatic hydroxyl groups is 1. The number of alkyl halides is 1. The van der Waals surface area contributed by atoms with Gasteiger partial charge >= 0.3 is 0 Å². The van der Waals surface area contributed by atoms with Crippen molar-refractivity contribution in [3.63, 3.8) is 0 Å². The van der Waals surface area contributed by atoms with Gasteiger partial charge in [-0.1, -0.05) is 0 Å². The zero-order valence-corrected chi connectivity index (χ0v) is 6.88. The lowest BCUT2D eigenvalue weighted by Gasteiger charge is -2.03. The maximum Gasteiger partial charge on any atom is 0.106 e. The van der Waals surface area contributed by atoms with Crippen LogP contribution >= 0.6 is 11.6 Å². The molecule has 0 spiro atoms. The fraction of sp³-hybridized carbons (Fsp3) is 0.571. The molecular formula is C7H11ClN2O. The Hall–Kier alpha value is -0.540. The number of hydrogen-bond donors (Lipinski definition) is 2. The molecule has 1 heterocycles. The minimum absolute atomic E-state index is 0.292. The number of aryl methyl sites for hydroxylation is 1. The second-order valence-corrected chi connectivity index (χ2v) is 2.69. The van der Waals surface area contributed by atoms with E-state index in [1.165, 1.54) is 0 Å². The van der Waals surface area contributed by atoms with Crippen LogP contribution in [0.2, 0.25) is 0 Å². The van der Waals surface area contributed by atoms with Gasteiger partial charge in [-0.25, -0.2) is 4.98 Å². The Kier molecular flexibility index (Phi) is 3.39. The van der Waals surface area contributed by atoms with Crippen molar-refractivity contribution in [3.05, 3.63) is 18.2 Å². The van der Waals surface area contributed by atoms with Crippen LogP contribution in [0.5, 0.6) is 0 Å². The highest BCUT2D eigenvalue weighted by Crippen LogP contribution is 2.00. The van der Waals surface area contributed by atoms with Gasteiger partial charge in [-0.3, -0.25) is 0 Å². The second-order valence-electron chi connectivity index (χ2n) is 2.38. The highest BCUT2D eigenvalue weighted by atomic mass is 35.5. The van der Waals surface area contributed by atoms with E-state index in [9.17, 15) is 0 Å². The Morgan fingerprint density at radius 2 is 2.55 bits per heavy atom. The predicted molar refractivity (Wildman–Crippen MR) is 43.6 cm³/mol. The summed E-state index contributed by atoms with van der Waals surface area (Å²) in [6.45, 7) is 0. The topological polar surface area (TPSA) is 48.9 Å². The summed E-state index contributed by atoms with van der Waals surface area (Å²) in [6, 6.07) is 0. The highest BCUT2D eigenvalue weighted by molar-refractivity contribution is 6.18. The van der Waals surface area contributed by atoms with Crippen molar-refractivity contribution in [2.24, 2.45) is 0 Å². The van der Waals surface area contributed by atoms with Crippen molar-refractivity contribution in [1.82, 2.24) is 9.97 Å². The Labute approximate surface area is 70.4 Å². The number of hydrogen-bond acceptors (Lipinski definition) is 2. The Morgan fingerprint density at radius 1 is 1.73 bits per heavy atom. The Bertz CT molecular complexity index is 188. The molecule has 1 aromatic rings. The molecule has 1 rings (SSSR count). The maximum atomic E-state index is 9.08. The summed E-state index contributed by atoms with van der Waals surface area (Å²) in [7, 11) is 0. The molecule has 0 aliphatic heterocycles. The number of halogens is 1. The molecule has 0 fully saturated rings. The van der Waals surface area contributed by atoms with Crippen molar-refractivity contribution in [3.8, 4) is 0 Å². The van der Waals surface area contributed by atoms with Gasteiger partial charge in [0.1, 0.15) is 5.82 Å². The molecule has 62 valence electrons. The Morgan fingerprint density at radius 3 is 3.09 bits per heavy atom. The summed E-state index contributed by atoms with van der Waals surface area (Å²) in [5, 5.41) is 9.08. The molecule has 0 aliphatic carbocycles. The van der Waals surface area contributed by atoms with E-state index >= 15 is 0 Å². The zero-order chi connectivity index (χ0) is 8.10. The number of aromatic amines is 1. The minimum atomic E-state index is -0.415. The van der Waals surface area contributed by atoms with Gasteiger partial charge in [0.05, 0.1) is 6.10 Å².